The fourth-order valence-corrected chi connectivity index (χ4v) is 8.32. The van der Waals surface area contributed by atoms with E-state index in [1.807, 2.05) is 0 Å². The summed E-state index contributed by atoms with van der Waals surface area (Å²) in [6.45, 7) is 2.25. The molecule has 10 rings (SSSR count). The number of hydrogen-bond acceptors (Lipinski definition) is 1. The van der Waals surface area contributed by atoms with E-state index in [2.05, 4.69) is 144 Å². The quantitative estimate of drug-likeness (QED) is 0.199. The first-order valence-corrected chi connectivity index (χ1v) is 14.4. The lowest BCUT2D eigenvalue weighted by Crippen LogP contribution is -2.50. The number of para-hydroxylation sites is 1. The van der Waals surface area contributed by atoms with Gasteiger partial charge in [-0.25, -0.2) is 0 Å². The zero-order valence-corrected chi connectivity index (χ0v) is 22.6. The second-order valence-corrected chi connectivity index (χ2v) is 11.8. The first kappa shape index (κ1) is 21.8. The molecule has 1 saturated carbocycles. The van der Waals surface area contributed by atoms with Crippen LogP contribution < -0.4 is 9.13 Å². The van der Waals surface area contributed by atoms with Gasteiger partial charge in [0.1, 0.15) is 17.1 Å². The van der Waals surface area contributed by atoms with Crippen molar-refractivity contribution in [3.63, 3.8) is 0 Å². The van der Waals surface area contributed by atoms with Crippen molar-refractivity contribution in [1.29, 1.82) is 0 Å². The average Bonchev–Trinajstić information content (AvgIpc) is 3.45. The van der Waals surface area contributed by atoms with E-state index >= 15 is 0 Å². The van der Waals surface area contributed by atoms with Crippen LogP contribution in [0.5, 0.6) is 0 Å². The van der Waals surface area contributed by atoms with Crippen molar-refractivity contribution < 1.29 is 13.6 Å². The third-order valence-corrected chi connectivity index (χ3v) is 9.88. The van der Waals surface area contributed by atoms with Crippen molar-refractivity contribution in [3.8, 4) is 33.6 Å². The second-order valence-electron chi connectivity index (χ2n) is 11.8. The number of rotatable bonds is 1. The maximum Gasteiger partial charge on any atom is 0.269 e. The molecule has 2 aliphatic heterocycles. The van der Waals surface area contributed by atoms with Gasteiger partial charge in [0.2, 0.25) is 17.4 Å². The molecule has 0 saturated heterocycles. The van der Waals surface area contributed by atoms with Gasteiger partial charge >= 0.3 is 0 Å². The Kier molecular flexibility index (Phi) is 3.92. The Balaban J connectivity index is 1.32. The molecule has 3 nitrogen and oxygen atoms in total. The zero-order chi connectivity index (χ0) is 26.9. The number of nitrogens with zero attached hydrogens (tertiary/aromatic N) is 2. The lowest BCUT2D eigenvalue weighted by Gasteiger charge is -2.14. The number of benzene rings is 4. The lowest BCUT2D eigenvalue weighted by molar-refractivity contribution is -0.772. The molecule has 4 aromatic carbocycles. The van der Waals surface area contributed by atoms with Gasteiger partial charge in [-0.05, 0) is 59.5 Å². The minimum Gasteiger partial charge on any atom is -0.455 e. The second kappa shape index (κ2) is 7.38. The molecule has 5 heterocycles. The van der Waals surface area contributed by atoms with Crippen LogP contribution in [0, 0.1) is 6.92 Å². The molecule has 1 fully saturated rings. The SMILES string of the molecule is Cc1cc2c(c3oc4ccccc4c13)-c1cccc[n+]1C1C2C12c1cc(-c3ccccc3)ccc1-c1cccc[n+]12. The van der Waals surface area contributed by atoms with Gasteiger partial charge in [0.15, 0.2) is 12.4 Å². The van der Waals surface area contributed by atoms with Crippen molar-refractivity contribution >= 4 is 21.9 Å². The van der Waals surface area contributed by atoms with Gasteiger partial charge < -0.3 is 4.42 Å². The smallest absolute Gasteiger partial charge is 0.269 e. The molecule has 0 N–H and O–H groups in total. The average molecular weight is 527 g/mol. The van der Waals surface area contributed by atoms with Crippen LogP contribution in [0.15, 0.2) is 132 Å². The molecule has 3 unspecified atom stereocenters. The molecular weight excluding hydrogens is 500 g/mol. The minimum absolute atomic E-state index is 0.213. The molecular formula is C38H26N2O+2. The third-order valence-electron chi connectivity index (χ3n) is 9.88. The topological polar surface area (TPSA) is 20.9 Å². The molecule has 1 aliphatic carbocycles. The van der Waals surface area contributed by atoms with Crippen LogP contribution in [0.25, 0.3) is 55.6 Å². The highest BCUT2D eigenvalue weighted by Crippen LogP contribution is 2.71. The van der Waals surface area contributed by atoms with Crippen LogP contribution in [0.3, 0.4) is 0 Å². The molecule has 3 heteroatoms. The third kappa shape index (κ3) is 2.52. The van der Waals surface area contributed by atoms with Crippen LogP contribution in [-0.2, 0) is 5.54 Å². The van der Waals surface area contributed by atoms with Crippen molar-refractivity contribution in [3.05, 3.63) is 144 Å². The summed E-state index contributed by atoms with van der Waals surface area (Å²) in [4.78, 5) is 0. The summed E-state index contributed by atoms with van der Waals surface area (Å²) in [6, 6.07) is 42.3. The number of aryl methyl sites for hydroxylation is 1. The lowest BCUT2D eigenvalue weighted by atomic mass is 9.89. The molecule has 192 valence electrons. The Bertz CT molecular complexity index is 2250. The predicted octanol–water partition coefficient (Wildman–Crippen LogP) is 7.88. The molecule has 0 radical (unpaired) electrons. The number of fused-ring (bicyclic) bond motifs is 17. The molecule has 3 aliphatic rings. The van der Waals surface area contributed by atoms with Gasteiger partial charge in [0.25, 0.3) is 5.54 Å². The maximum absolute atomic E-state index is 6.70. The van der Waals surface area contributed by atoms with E-state index in [9.17, 15) is 0 Å². The van der Waals surface area contributed by atoms with Gasteiger partial charge in [-0.1, -0.05) is 60.7 Å². The minimum atomic E-state index is -0.213. The highest BCUT2D eigenvalue weighted by atomic mass is 16.3. The summed E-state index contributed by atoms with van der Waals surface area (Å²) in [5, 5.41) is 2.42. The molecule has 41 heavy (non-hydrogen) atoms. The highest BCUT2D eigenvalue weighted by Gasteiger charge is 2.86. The number of hydrogen-bond donors (Lipinski definition) is 0. The van der Waals surface area contributed by atoms with E-state index in [1.165, 1.54) is 61.1 Å². The molecule has 3 atom stereocenters. The summed E-state index contributed by atoms with van der Waals surface area (Å²) < 4.78 is 11.8. The van der Waals surface area contributed by atoms with Crippen molar-refractivity contribution in [2.75, 3.05) is 0 Å². The first-order chi connectivity index (χ1) is 20.3. The van der Waals surface area contributed by atoms with Crippen molar-refractivity contribution in [2.45, 2.75) is 24.4 Å². The Morgan fingerprint density at radius 3 is 2.39 bits per heavy atom. The van der Waals surface area contributed by atoms with E-state index in [1.54, 1.807) is 0 Å². The van der Waals surface area contributed by atoms with E-state index in [-0.39, 0.29) is 17.5 Å². The number of aromatic nitrogens is 2. The molecule has 7 aromatic rings. The fourth-order valence-electron chi connectivity index (χ4n) is 8.32. The largest absolute Gasteiger partial charge is 0.455 e. The highest BCUT2D eigenvalue weighted by molar-refractivity contribution is 6.11. The Morgan fingerprint density at radius 1 is 0.707 bits per heavy atom. The van der Waals surface area contributed by atoms with Crippen LogP contribution in [0.2, 0.25) is 0 Å². The molecule has 1 spiro atoms. The molecule has 0 amide bonds. The summed E-state index contributed by atoms with van der Waals surface area (Å²) in [5.41, 5.74) is 13.5. The van der Waals surface area contributed by atoms with E-state index in [4.69, 9.17) is 4.42 Å². The number of pyridine rings is 2. The van der Waals surface area contributed by atoms with Gasteiger partial charge in [0, 0.05) is 40.6 Å². The summed E-state index contributed by atoms with van der Waals surface area (Å²) in [5.74, 6) is 0.284. The van der Waals surface area contributed by atoms with Gasteiger partial charge in [-0.15, -0.1) is 0 Å². The fraction of sp³-hybridized carbons (Fsp3) is 0.105. The van der Waals surface area contributed by atoms with E-state index < -0.39 is 0 Å². The predicted molar refractivity (Wildman–Crippen MR) is 160 cm³/mol. The standard InChI is InChI=1S/C38H26N2O/c1-23-21-28-34(36-33(23)27-13-5-6-16-32(27)41-36)31-15-7-9-19-39(31)37-35(28)38(37)29-22-25(24-11-3-2-4-12-24)17-18-26(29)30-14-8-10-20-40(30)38/h2-22,35,37H,1H3/q+2. The Labute approximate surface area is 237 Å². The Morgan fingerprint density at radius 2 is 1.49 bits per heavy atom. The van der Waals surface area contributed by atoms with Gasteiger partial charge in [-0.2, -0.15) is 9.13 Å². The summed E-state index contributed by atoms with van der Waals surface area (Å²) >= 11 is 0. The van der Waals surface area contributed by atoms with E-state index in [0.717, 1.165) is 11.2 Å². The van der Waals surface area contributed by atoms with Crippen molar-refractivity contribution in [1.82, 2.24) is 0 Å². The normalized spacial score (nSPS) is 20.9. The zero-order valence-electron chi connectivity index (χ0n) is 22.6. The van der Waals surface area contributed by atoms with Crippen LogP contribution >= 0.6 is 0 Å². The van der Waals surface area contributed by atoms with Gasteiger partial charge in [0.05, 0.1) is 11.1 Å². The maximum atomic E-state index is 6.70. The van der Waals surface area contributed by atoms with Crippen LogP contribution in [0.1, 0.15) is 28.7 Å². The van der Waals surface area contributed by atoms with Crippen LogP contribution in [-0.4, -0.2) is 0 Å². The Hall–Kier alpha value is -5.02. The molecule has 3 aromatic heterocycles. The number of furan rings is 1. The van der Waals surface area contributed by atoms with Crippen molar-refractivity contribution in [2.24, 2.45) is 0 Å². The monoisotopic (exact) mass is 526 g/mol. The summed E-state index contributed by atoms with van der Waals surface area (Å²) in [7, 11) is 0. The van der Waals surface area contributed by atoms with Crippen LogP contribution in [0.4, 0.5) is 0 Å². The summed E-state index contributed by atoms with van der Waals surface area (Å²) in [6.07, 6.45) is 4.58. The molecule has 0 bridgehead atoms. The first-order valence-electron chi connectivity index (χ1n) is 14.4. The van der Waals surface area contributed by atoms with Gasteiger partial charge in [-0.3, -0.25) is 0 Å². The van der Waals surface area contributed by atoms with E-state index in [0.29, 0.717) is 0 Å².